The smallest absolute Gasteiger partial charge is 0.264 e. The molecule has 0 aromatic rings. The molecule has 2 atom stereocenters. The highest BCUT2D eigenvalue weighted by atomic mass is 32.2. The third-order valence-electron chi connectivity index (χ3n) is 2.22. The Balaban J connectivity index is 2.41. The van der Waals surface area contributed by atoms with E-state index in [9.17, 15) is 13.2 Å². The first-order valence-electron chi connectivity index (χ1n) is 4.68. The molecule has 0 bridgehead atoms. The number of allylic oxidation sites excluding steroid dienone is 1. The lowest BCUT2D eigenvalue weighted by molar-refractivity contribution is -0.122. The van der Waals surface area contributed by atoms with Gasteiger partial charge in [-0.1, -0.05) is 6.08 Å². The summed E-state index contributed by atoms with van der Waals surface area (Å²) < 4.78 is 26.1. The highest BCUT2D eigenvalue weighted by Gasteiger charge is 2.31. The van der Waals surface area contributed by atoms with Gasteiger partial charge in [0, 0.05) is 5.92 Å². The van der Waals surface area contributed by atoms with Crippen LogP contribution in [-0.4, -0.2) is 33.2 Å². The molecule has 1 rings (SSSR count). The molecule has 1 aliphatic rings. The van der Waals surface area contributed by atoms with Crippen molar-refractivity contribution in [3.8, 4) is 0 Å². The van der Waals surface area contributed by atoms with Gasteiger partial charge in [-0.25, -0.2) is 0 Å². The normalized spacial score (nSPS) is 26.3. The van der Waals surface area contributed by atoms with E-state index >= 15 is 0 Å². The molecule has 0 aromatic heterocycles. The molecule has 0 saturated carbocycles. The standard InChI is InChI=1S/C9H15NO4S/c1-3-4-7-5-8(10-9(7)11)6-14-15(2,12)13/h3,7-8H,1,4-6H2,2H3,(H,10,11)/t7-,8-/m0/s1. The topological polar surface area (TPSA) is 72.5 Å². The quantitative estimate of drug-likeness (QED) is 0.537. The van der Waals surface area contributed by atoms with Crippen molar-refractivity contribution in [3.63, 3.8) is 0 Å². The summed E-state index contributed by atoms with van der Waals surface area (Å²) in [5.41, 5.74) is 0. The zero-order valence-electron chi connectivity index (χ0n) is 8.60. The highest BCUT2D eigenvalue weighted by Crippen LogP contribution is 2.19. The molecular weight excluding hydrogens is 218 g/mol. The van der Waals surface area contributed by atoms with Gasteiger partial charge in [0.25, 0.3) is 10.1 Å². The molecule has 1 saturated heterocycles. The van der Waals surface area contributed by atoms with Crippen LogP contribution in [0.4, 0.5) is 0 Å². The summed E-state index contributed by atoms with van der Waals surface area (Å²) in [6.07, 6.45) is 3.89. The van der Waals surface area contributed by atoms with E-state index in [-0.39, 0.29) is 24.5 Å². The Morgan fingerprint density at radius 1 is 1.67 bits per heavy atom. The van der Waals surface area contributed by atoms with E-state index in [1.54, 1.807) is 6.08 Å². The van der Waals surface area contributed by atoms with Crippen LogP contribution in [0, 0.1) is 5.92 Å². The number of hydrogen-bond donors (Lipinski definition) is 1. The Bertz CT molecular complexity index is 349. The van der Waals surface area contributed by atoms with Crippen molar-refractivity contribution in [2.45, 2.75) is 18.9 Å². The van der Waals surface area contributed by atoms with Crippen molar-refractivity contribution in [2.75, 3.05) is 12.9 Å². The maximum absolute atomic E-state index is 11.3. The summed E-state index contributed by atoms with van der Waals surface area (Å²) in [5.74, 6) is -0.160. The van der Waals surface area contributed by atoms with Crippen LogP contribution < -0.4 is 5.32 Å². The molecule has 0 radical (unpaired) electrons. The van der Waals surface area contributed by atoms with Gasteiger partial charge in [0.2, 0.25) is 5.91 Å². The Hall–Kier alpha value is -0.880. The molecule has 1 aliphatic heterocycles. The van der Waals surface area contributed by atoms with Crippen molar-refractivity contribution < 1.29 is 17.4 Å². The second kappa shape index (κ2) is 4.76. The fourth-order valence-electron chi connectivity index (χ4n) is 1.55. The Kier molecular flexibility index (Phi) is 3.87. The number of nitrogens with one attached hydrogen (secondary N) is 1. The molecule has 86 valence electrons. The number of hydrogen-bond acceptors (Lipinski definition) is 4. The lowest BCUT2D eigenvalue weighted by Crippen LogP contribution is -2.30. The van der Waals surface area contributed by atoms with Gasteiger partial charge in [-0.2, -0.15) is 8.42 Å². The molecule has 1 heterocycles. The summed E-state index contributed by atoms with van der Waals surface area (Å²) in [7, 11) is -3.43. The molecule has 1 amide bonds. The van der Waals surface area contributed by atoms with E-state index < -0.39 is 10.1 Å². The first-order valence-corrected chi connectivity index (χ1v) is 6.49. The van der Waals surface area contributed by atoms with Gasteiger partial charge < -0.3 is 5.32 Å². The van der Waals surface area contributed by atoms with Crippen LogP contribution in [0.25, 0.3) is 0 Å². The molecule has 1 N–H and O–H groups in total. The molecule has 0 aliphatic carbocycles. The van der Waals surface area contributed by atoms with Crippen molar-refractivity contribution in [3.05, 3.63) is 12.7 Å². The average molecular weight is 233 g/mol. The zero-order valence-corrected chi connectivity index (χ0v) is 9.42. The number of carbonyl (C=O) groups excluding carboxylic acids is 1. The molecule has 1 fully saturated rings. The predicted molar refractivity (Wildman–Crippen MR) is 55.6 cm³/mol. The SMILES string of the molecule is C=CC[C@H]1C[C@@H](COS(C)(=O)=O)NC1=O. The lowest BCUT2D eigenvalue weighted by Gasteiger charge is -2.08. The Labute approximate surface area is 89.6 Å². The molecule has 15 heavy (non-hydrogen) atoms. The molecule has 5 nitrogen and oxygen atoms in total. The average Bonchev–Trinajstić information content (AvgIpc) is 2.44. The summed E-state index contributed by atoms with van der Waals surface area (Å²) >= 11 is 0. The van der Waals surface area contributed by atoms with Gasteiger partial charge in [0.15, 0.2) is 0 Å². The van der Waals surface area contributed by atoms with Crippen LogP contribution in [0.2, 0.25) is 0 Å². The first kappa shape index (κ1) is 12.2. The number of rotatable bonds is 5. The van der Waals surface area contributed by atoms with E-state index in [1.165, 1.54) is 0 Å². The van der Waals surface area contributed by atoms with E-state index in [4.69, 9.17) is 0 Å². The summed E-state index contributed by atoms with van der Waals surface area (Å²) in [6, 6.07) is -0.211. The van der Waals surface area contributed by atoms with E-state index in [0.29, 0.717) is 12.8 Å². The van der Waals surface area contributed by atoms with Gasteiger partial charge in [0.05, 0.1) is 18.9 Å². The third kappa shape index (κ3) is 4.01. The van der Waals surface area contributed by atoms with Crippen LogP contribution >= 0.6 is 0 Å². The third-order valence-corrected chi connectivity index (χ3v) is 2.78. The molecular formula is C9H15NO4S. The Morgan fingerprint density at radius 2 is 2.33 bits per heavy atom. The van der Waals surface area contributed by atoms with Crippen LogP contribution in [0.15, 0.2) is 12.7 Å². The van der Waals surface area contributed by atoms with Crippen molar-refractivity contribution in [1.82, 2.24) is 5.32 Å². The predicted octanol–water partition coefficient (Wildman–Crippen LogP) is 0.0434. The van der Waals surface area contributed by atoms with Crippen molar-refractivity contribution in [2.24, 2.45) is 5.92 Å². The first-order chi connectivity index (χ1) is 6.92. The summed E-state index contributed by atoms with van der Waals surface area (Å²) in [4.78, 5) is 11.3. The van der Waals surface area contributed by atoms with E-state index in [1.807, 2.05) is 0 Å². The minimum absolute atomic E-state index is 0.0121. The van der Waals surface area contributed by atoms with Crippen LogP contribution in [0.1, 0.15) is 12.8 Å². The van der Waals surface area contributed by atoms with Gasteiger partial charge in [0.1, 0.15) is 0 Å². The summed E-state index contributed by atoms with van der Waals surface area (Å²) in [6.45, 7) is 3.57. The van der Waals surface area contributed by atoms with Crippen LogP contribution in [0.5, 0.6) is 0 Å². The fourth-order valence-corrected chi connectivity index (χ4v) is 1.96. The minimum Gasteiger partial charge on any atom is -0.351 e. The van der Waals surface area contributed by atoms with Crippen LogP contribution in [0.3, 0.4) is 0 Å². The Morgan fingerprint density at radius 3 is 2.87 bits per heavy atom. The molecule has 0 unspecified atom stereocenters. The van der Waals surface area contributed by atoms with Crippen molar-refractivity contribution >= 4 is 16.0 Å². The second-order valence-electron chi connectivity index (χ2n) is 3.65. The lowest BCUT2D eigenvalue weighted by atomic mass is 10.0. The van der Waals surface area contributed by atoms with Gasteiger partial charge in [-0.05, 0) is 12.8 Å². The summed E-state index contributed by atoms with van der Waals surface area (Å²) in [5, 5.41) is 2.69. The number of amides is 1. The highest BCUT2D eigenvalue weighted by molar-refractivity contribution is 7.85. The van der Waals surface area contributed by atoms with E-state index in [0.717, 1.165) is 6.26 Å². The monoisotopic (exact) mass is 233 g/mol. The van der Waals surface area contributed by atoms with Gasteiger partial charge >= 0.3 is 0 Å². The minimum atomic E-state index is -3.43. The molecule has 0 spiro atoms. The van der Waals surface area contributed by atoms with Gasteiger partial charge in [-0.3, -0.25) is 8.98 Å². The fraction of sp³-hybridized carbons (Fsp3) is 0.667. The maximum Gasteiger partial charge on any atom is 0.264 e. The number of carbonyl (C=O) groups is 1. The molecule has 0 aromatic carbocycles. The maximum atomic E-state index is 11.3. The molecule has 6 heteroatoms. The van der Waals surface area contributed by atoms with E-state index in [2.05, 4.69) is 16.1 Å². The van der Waals surface area contributed by atoms with Gasteiger partial charge in [-0.15, -0.1) is 6.58 Å². The largest absolute Gasteiger partial charge is 0.351 e. The van der Waals surface area contributed by atoms with Crippen LogP contribution in [-0.2, 0) is 19.1 Å². The zero-order chi connectivity index (χ0) is 11.5. The second-order valence-corrected chi connectivity index (χ2v) is 5.30. The van der Waals surface area contributed by atoms with Crippen molar-refractivity contribution in [1.29, 1.82) is 0 Å².